The standard InChI is InChI=1S/C11H18N4.ClH/c1-2-11(15-14-5-1)9-13-8-10-3-6-12-7-4-10;/h1-2,5,10,12-13H,3-4,6-9H2;1H. The largest absolute Gasteiger partial charge is 0.317 e. The van der Waals surface area contributed by atoms with Crippen LogP contribution in [0.2, 0.25) is 0 Å². The maximum Gasteiger partial charge on any atom is 0.0768 e. The summed E-state index contributed by atoms with van der Waals surface area (Å²) in [4.78, 5) is 0. The van der Waals surface area contributed by atoms with Crippen LogP contribution in [-0.2, 0) is 6.54 Å². The highest BCUT2D eigenvalue weighted by Gasteiger charge is 2.11. The van der Waals surface area contributed by atoms with E-state index in [0.717, 1.165) is 37.8 Å². The summed E-state index contributed by atoms with van der Waals surface area (Å²) in [5, 5.41) is 14.7. The van der Waals surface area contributed by atoms with Gasteiger partial charge in [-0.1, -0.05) is 0 Å². The first-order chi connectivity index (χ1) is 7.45. The van der Waals surface area contributed by atoms with Crippen LogP contribution in [0.3, 0.4) is 0 Å². The van der Waals surface area contributed by atoms with Crippen molar-refractivity contribution < 1.29 is 0 Å². The molecule has 0 bridgehead atoms. The first-order valence-electron chi connectivity index (χ1n) is 5.63. The van der Waals surface area contributed by atoms with Crippen LogP contribution in [0.4, 0.5) is 0 Å². The Morgan fingerprint density at radius 3 is 2.88 bits per heavy atom. The molecule has 1 aromatic heterocycles. The molecule has 1 aromatic rings. The van der Waals surface area contributed by atoms with Crippen molar-refractivity contribution in [1.29, 1.82) is 0 Å². The molecule has 0 atom stereocenters. The zero-order valence-corrected chi connectivity index (χ0v) is 10.2. The lowest BCUT2D eigenvalue weighted by Crippen LogP contribution is -2.33. The predicted octanol–water partition coefficient (Wildman–Crippen LogP) is 0.988. The monoisotopic (exact) mass is 242 g/mol. The molecule has 0 saturated carbocycles. The molecule has 1 aliphatic heterocycles. The van der Waals surface area contributed by atoms with Gasteiger partial charge in [0.15, 0.2) is 0 Å². The number of nitrogens with one attached hydrogen (secondary N) is 2. The zero-order valence-electron chi connectivity index (χ0n) is 9.35. The van der Waals surface area contributed by atoms with Gasteiger partial charge in [0.05, 0.1) is 5.69 Å². The van der Waals surface area contributed by atoms with Crippen molar-refractivity contribution in [1.82, 2.24) is 20.8 Å². The summed E-state index contributed by atoms with van der Waals surface area (Å²) in [6, 6.07) is 3.93. The molecule has 0 aliphatic carbocycles. The van der Waals surface area contributed by atoms with E-state index in [1.807, 2.05) is 12.1 Å². The van der Waals surface area contributed by atoms with Gasteiger partial charge < -0.3 is 10.6 Å². The Balaban J connectivity index is 0.00000128. The van der Waals surface area contributed by atoms with E-state index in [1.165, 1.54) is 12.8 Å². The van der Waals surface area contributed by atoms with Crippen LogP contribution >= 0.6 is 12.4 Å². The highest BCUT2D eigenvalue weighted by atomic mass is 35.5. The second-order valence-corrected chi connectivity index (χ2v) is 4.04. The van der Waals surface area contributed by atoms with Gasteiger partial charge in [0.2, 0.25) is 0 Å². The van der Waals surface area contributed by atoms with E-state index in [1.54, 1.807) is 6.20 Å². The minimum atomic E-state index is 0. The summed E-state index contributed by atoms with van der Waals surface area (Å²) < 4.78 is 0. The quantitative estimate of drug-likeness (QED) is 0.827. The topological polar surface area (TPSA) is 49.8 Å². The molecule has 2 N–H and O–H groups in total. The van der Waals surface area contributed by atoms with Gasteiger partial charge in [-0.2, -0.15) is 10.2 Å². The molecule has 1 aliphatic rings. The van der Waals surface area contributed by atoms with Crippen molar-refractivity contribution in [2.45, 2.75) is 19.4 Å². The molecular formula is C11H19ClN4. The molecule has 90 valence electrons. The summed E-state index contributed by atoms with van der Waals surface area (Å²) in [7, 11) is 0. The fraction of sp³-hybridized carbons (Fsp3) is 0.636. The minimum absolute atomic E-state index is 0. The normalized spacial score (nSPS) is 16.8. The van der Waals surface area contributed by atoms with E-state index in [2.05, 4.69) is 20.8 Å². The first kappa shape index (κ1) is 13.4. The van der Waals surface area contributed by atoms with Crippen LogP contribution in [0.1, 0.15) is 18.5 Å². The first-order valence-corrected chi connectivity index (χ1v) is 5.63. The molecule has 2 rings (SSSR count). The van der Waals surface area contributed by atoms with E-state index >= 15 is 0 Å². The molecule has 0 unspecified atom stereocenters. The van der Waals surface area contributed by atoms with Gasteiger partial charge in [-0.15, -0.1) is 12.4 Å². The molecular weight excluding hydrogens is 224 g/mol. The van der Waals surface area contributed by atoms with Gasteiger partial charge >= 0.3 is 0 Å². The maximum atomic E-state index is 4.04. The average molecular weight is 243 g/mol. The highest BCUT2D eigenvalue weighted by Crippen LogP contribution is 2.09. The number of piperidine rings is 1. The lowest BCUT2D eigenvalue weighted by atomic mass is 9.98. The fourth-order valence-electron chi connectivity index (χ4n) is 1.92. The molecule has 0 amide bonds. The number of halogens is 1. The van der Waals surface area contributed by atoms with Crippen molar-refractivity contribution in [2.75, 3.05) is 19.6 Å². The van der Waals surface area contributed by atoms with Crippen LogP contribution in [-0.4, -0.2) is 29.8 Å². The number of hydrogen-bond acceptors (Lipinski definition) is 4. The maximum absolute atomic E-state index is 4.04. The van der Waals surface area contributed by atoms with Crippen LogP contribution in [0.25, 0.3) is 0 Å². The summed E-state index contributed by atoms with van der Waals surface area (Å²) in [6.45, 7) is 4.25. The van der Waals surface area contributed by atoms with Crippen molar-refractivity contribution in [2.24, 2.45) is 5.92 Å². The summed E-state index contributed by atoms with van der Waals surface area (Å²) in [5.41, 5.74) is 1.02. The summed E-state index contributed by atoms with van der Waals surface area (Å²) >= 11 is 0. The smallest absolute Gasteiger partial charge is 0.0768 e. The van der Waals surface area contributed by atoms with Crippen molar-refractivity contribution >= 4 is 12.4 Å². The third kappa shape index (κ3) is 4.43. The predicted molar refractivity (Wildman–Crippen MR) is 66.6 cm³/mol. The van der Waals surface area contributed by atoms with Gasteiger partial charge in [-0.3, -0.25) is 0 Å². The second-order valence-electron chi connectivity index (χ2n) is 4.04. The molecule has 5 heteroatoms. The molecule has 1 fully saturated rings. The fourth-order valence-corrected chi connectivity index (χ4v) is 1.92. The van der Waals surface area contributed by atoms with Gasteiger partial charge in [0.1, 0.15) is 0 Å². The van der Waals surface area contributed by atoms with Crippen LogP contribution in [0, 0.1) is 5.92 Å². The second kappa shape index (κ2) is 7.54. The van der Waals surface area contributed by atoms with E-state index in [9.17, 15) is 0 Å². The van der Waals surface area contributed by atoms with Gasteiger partial charge in [-0.25, -0.2) is 0 Å². The number of rotatable bonds is 4. The third-order valence-electron chi connectivity index (χ3n) is 2.83. The SMILES string of the molecule is Cl.c1cnnc(CNCC2CCNCC2)c1. The number of nitrogens with zero attached hydrogens (tertiary/aromatic N) is 2. The van der Waals surface area contributed by atoms with Crippen molar-refractivity contribution in [3.63, 3.8) is 0 Å². The minimum Gasteiger partial charge on any atom is -0.317 e. The van der Waals surface area contributed by atoms with Gasteiger partial charge in [-0.05, 0) is 50.5 Å². The summed E-state index contributed by atoms with van der Waals surface area (Å²) in [6.07, 6.45) is 4.28. The van der Waals surface area contributed by atoms with Gasteiger partial charge in [0, 0.05) is 12.7 Å². The molecule has 2 heterocycles. The lowest BCUT2D eigenvalue weighted by Gasteiger charge is -2.22. The van der Waals surface area contributed by atoms with E-state index in [0.29, 0.717) is 0 Å². The van der Waals surface area contributed by atoms with E-state index in [4.69, 9.17) is 0 Å². The third-order valence-corrected chi connectivity index (χ3v) is 2.83. The Kier molecular flexibility index (Phi) is 6.30. The Hall–Kier alpha value is -0.710. The zero-order chi connectivity index (χ0) is 10.3. The highest BCUT2D eigenvalue weighted by molar-refractivity contribution is 5.85. The van der Waals surface area contributed by atoms with Crippen LogP contribution < -0.4 is 10.6 Å². The van der Waals surface area contributed by atoms with Crippen LogP contribution in [0.5, 0.6) is 0 Å². The lowest BCUT2D eigenvalue weighted by molar-refractivity contribution is 0.355. The molecule has 0 aromatic carbocycles. The van der Waals surface area contributed by atoms with Crippen molar-refractivity contribution in [3.8, 4) is 0 Å². The van der Waals surface area contributed by atoms with E-state index in [-0.39, 0.29) is 12.4 Å². The van der Waals surface area contributed by atoms with Gasteiger partial charge in [0.25, 0.3) is 0 Å². The number of aromatic nitrogens is 2. The molecule has 1 saturated heterocycles. The van der Waals surface area contributed by atoms with E-state index < -0.39 is 0 Å². The molecule has 4 nitrogen and oxygen atoms in total. The Labute approximate surface area is 103 Å². The van der Waals surface area contributed by atoms with Crippen molar-refractivity contribution in [3.05, 3.63) is 24.0 Å². The molecule has 0 spiro atoms. The average Bonchev–Trinajstić information content (AvgIpc) is 2.32. The Bertz CT molecular complexity index is 275. The van der Waals surface area contributed by atoms with Crippen LogP contribution in [0.15, 0.2) is 18.3 Å². The molecule has 0 radical (unpaired) electrons. The molecule has 16 heavy (non-hydrogen) atoms. The Morgan fingerprint density at radius 1 is 1.38 bits per heavy atom. The Morgan fingerprint density at radius 2 is 2.19 bits per heavy atom. The number of hydrogen-bond donors (Lipinski definition) is 2. The summed E-state index contributed by atoms with van der Waals surface area (Å²) in [5.74, 6) is 0.822.